The Morgan fingerprint density at radius 1 is 0.929 bits per heavy atom. The van der Waals surface area contributed by atoms with E-state index >= 15 is 0 Å². The standard InChI is InChI=1S/C30H33F2N3O6S/c1-20(2)17-33-30(37)21(3)34(18-22-6-4-5-7-26(22)32)29(36)19-35(24-10-8-23(31)9-11-24)42(38,39)25-12-13-27-28(16-25)41-15-14-40-27/h4-13,16,20-21H,14-15,17-19H2,1-3H3,(H,33,37)/t21-/m0/s1. The number of benzene rings is 3. The summed E-state index contributed by atoms with van der Waals surface area (Å²) in [6.07, 6.45) is 0. The van der Waals surface area contributed by atoms with Crippen molar-refractivity contribution in [3.63, 3.8) is 0 Å². The van der Waals surface area contributed by atoms with Gasteiger partial charge in [0.1, 0.15) is 37.4 Å². The second-order valence-corrected chi connectivity index (χ2v) is 12.1. The Bertz CT molecular complexity index is 1530. The molecule has 12 heteroatoms. The summed E-state index contributed by atoms with van der Waals surface area (Å²) in [6, 6.07) is 13.4. The molecule has 3 aromatic rings. The summed E-state index contributed by atoms with van der Waals surface area (Å²) in [5, 5.41) is 2.77. The van der Waals surface area contributed by atoms with Gasteiger partial charge in [-0.05, 0) is 55.3 Å². The average molecular weight is 602 g/mol. The number of carbonyl (C=O) groups excluding carboxylic acids is 2. The molecule has 2 amide bonds. The van der Waals surface area contributed by atoms with Crippen molar-refractivity contribution < 1.29 is 36.3 Å². The predicted octanol–water partition coefficient (Wildman–Crippen LogP) is 4.12. The summed E-state index contributed by atoms with van der Waals surface area (Å²) in [6.45, 7) is 5.18. The number of carbonyl (C=O) groups is 2. The highest BCUT2D eigenvalue weighted by molar-refractivity contribution is 7.92. The molecule has 0 fully saturated rings. The number of anilines is 1. The summed E-state index contributed by atoms with van der Waals surface area (Å²) < 4.78 is 68.3. The van der Waals surface area contributed by atoms with E-state index in [1.54, 1.807) is 6.07 Å². The van der Waals surface area contributed by atoms with Crippen molar-refractivity contribution in [1.82, 2.24) is 10.2 Å². The van der Waals surface area contributed by atoms with Crippen LogP contribution in [0.1, 0.15) is 26.3 Å². The third-order valence-corrected chi connectivity index (χ3v) is 8.42. The van der Waals surface area contributed by atoms with E-state index in [1.165, 1.54) is 55.5 Å². The van der Waals surface area contributed by atoms with Crippen LogP contribution < -0.4 is 19.1 Å². The minimum atomic E-state index is -4.42. The fourth-order valence-corrected chi connectivity index (χ4v) is 5.72. The molecule has 3 aromatic carbocycles. The first-order valence-electron chi connectivity index (χ1n) is 13.5. The van der Waals surface area contributed by atoms with Crippen molar-refractivity contribution in [2.75, 3.05) is 30.6 Å². The number of amides is 2. The Balaban J connectivity index is 1.71. The molecule has 224 valence electrons. The third-order valence-electron chi connectivity index (χ3n) is 6.65. The molecular weight excluding hydrogens is 568 g/mol. The van der Waals surface area contributed by atoms with E-state index in [4.69, 9.17) is 9.47 Å². The van der Waals surface area contributed by atoms with Crippen LogP contribution in [0, 0.1) is 17.6 Å². The highest BCUT2D eigenvalue weighted by atomic mass is 32.2. The van der Waals surface area contributed by atoms with E-state index in [0.29, 0.717) is 18.9 Å². The predicted molar refractivity (Wildman–Crippen MR) is 153 cm³/mol. The van der Waals surface area contributed by atoms with Crippen LogP contribution in [0.25, 0.3) is 0 Å². The molecule has 1 N–H and O–H groups in total. The maximum Gasteiger partial charge on any atom is 0.264 e. The Hall–Kier alpha value is -4.19. The lowest BCUT2D eigenvalue weighted by atomic mass is 10.1. The van der Waals surface area contributed by atoms with Crippen molar-refractivity contribution in [2.45, 2.75) is 38.3 Å². The van der Waals surface area contributed by atoms with E-state index in [0.717, 1.165) is 21.3 Å². The molecule has 0 bridgehead atoms. The highest BCUT2D eigenvalue weighted by Crippen LogP contribution is 2.34. The zero-order chi connectivity index (χ0) is 30.4. The highest BCUT2D eigenvalue weighted by Gasteiger charge is 2.33. The molecule has 42 heavy (non-hydrogen) atoms. The van der Waals surface area contributed by atoms with E-state index in [2.05, 4.69) is 5.32 Å². The van der Waals surface area contributed by atoms with Crippen molar-refractivity contribution >= 4 is 27.5 Å². The summed E-state index contributed by atoms with van der Waals surface area (Å²) in [5.41, 5.74) is 0.166. The molecule has 1 aliphatic heterocycles. The van der Waals surface area contributed by atoms with Crippen molar-refractivity contribution in [1.29, 1.82) is 0 Å². The van der Waals surface area contributed by atoms with E-state index in [1.807, 2.05) is 13.8 Å². The van der Waals surface area contributed by atoms with Gasteiger partial charge >= 0.3 is 0 Å². The zero-order valence-corrected chi connectivity index (χ0v) is 24.4. The van der Waals surface area contributed by atoms with Gasteiger partial charge in [-0.25, -0.2) is 17.2 Å². The van der Waals surface area contributed by atoms with Gasteiger partial charge in [-0.15, -0.1) is 0 Å². The van der Waals surface area contributed by atoms with Crippen molar-refractivity contribution in [2.24, 2.45) is 5.92 Å². The second-order valence-electron chi connectivity index (χ2n) is 10.2. The largest absolute Gasteiger partial charge is 0.486 e. The van der Waals surface area contributed by atoms with Crippen molar-refractivity contribution in [3.05, 3.63) is 83.9 Å². The summed E-state index contributed by atoms with van der Waals surface area (Å²) in [5.74, 6) is -1.68. The number of nitrogens with one attached hydrogen (secondary N) is 1. The number of ether oxygens (including phenoxy) is 2. The van der Waals surface area contributed by atoms with Crippen LogP contribution in [0.3, 0.4) is 0 Å². The Morgan fingerprint density at radius 2 is 1.60 bits per heavy atom. The van der Waals surface area contributed by atoms with E-state index in [9.17, 15) is 26.8 Å². The maximum atomic E-state index is 14.6. The number of halogens is 2. The summed E-state index contributed by atoms with van der Waals surface area (Å²) in [4.78, 5) is 27.9. The number of rotatable bonds is 11. The van der Waals surface area contributed by atoms with Crippen LogP contribution in [-0.2, 0) is 26.2 Å². The molecule has 0 saturated carbocycles. The Labute approximate surface area is 244 Å². The molecule has 9 nitrogen and oxygen atoms in total. The minimum Gasteiger partial charge on any atom is -0.486 e. The lowest BCUT2D eigenvalue weighted by molar-refractivity contribution is -0.139. The van der Waals surface area contributed by atoms with Gasteiger partial charge in [0.2, 0.25) is 11.8 Å². The summed E-state index contributed by atoms with van der Waals surface area (Å²) in [7, 11) is -4.42. The maximum absolute atomic E-state index is 14.6. The second kappa shape index (κ2) is 13.2. The lowest BCUT2D eigenvalue weighted by Gasteiger charge is -2.32. The van der Waals surface area contributed by atoms with Gasteiger partial charge < -0.3 is 19.7 Å². The molecule has 0 aromatic heterocycles. The Morgan fingerprint density at radius 3 is 2.26 bits per heavy atom. The Kier molecular flexibility index (Phi) is 9.66. The molecular formula is C30H33F2N3O6S. The quantitative estimate of drug-likeness (QED) is 0.355. The van der Waals surface area contributed by atoms with Crippen LogP contribution in [0.5, 0.6) is 11.5 Å². The van der Waals surface area contributed by atoms with Gasteiger partial charge in [0.05, 0.1) is 10.6 Å². The molecule has 1 atom stereocenters. The number of hydrogen-bond donors (Lipinski definition) is 1. The molecule has 0 spiro atoms. The number of fused-ring (bicyclic) bond motifs is 1. The van der Waals surface area contributed by atoms with Gasteiger partial charge in [-0.1, -0.05) is 32.0 Å². The molecule has 0 aliphatic carbocycles. The minimum absolute atomic E-state index is 0.0161. The van der Waals surface area contributed by atoms with Gasteiger partial charge in [-0.2, -0.15) is 0 Å². The number of nitrogens with zero attached hydrogens (tertiary/aromatic N) is 2. The number of hydrogen-bond acceptors (Lipinski definition) is 6. The van der Waals surface area contributed by atoms with E-state index < -0.39 is 46.1 Å². The van der Waals surface area contributed by atoms with Gasteiger partial charge in [0, 0.05) is 24.7 Å². The summed E-state index contributed by atoms with van der Waals surface area (Å²) >= 11 is 0. The molecule has 0 saturated heterocycles. The van der Waals surface area contributed by atoms with Crippen LogP contribution in [0.15, 0.2) is 71.6 Å². The van der Waals surface area contributed by atoms with Crippen molar-refractivity contribution in [3.8, 4) is 11.5 Å². The smallest absolute Gasteiger partial charge is 0.264 e. The van der Waals surface area contributed by atoms with Gasteiger partial charge in [0.25, 0.3) is 10.0 Å². The molecule has 1 aliphatic rings. The first-order chi connectivity index (χ1) is 20.0. The monoisotopic (exact) mass is 601 g/mol. The van der Waals surface area contributed by atoms with Crippen LogP contribution in [0.4, 0.5) is 14.5 Å². The molecule has 1 heterocycles. The normalized spacial score (nSPS) is 13.4. The lowest BCUT2D eigenvalue weighted by Crippen LogP contribution is -2.51. The van der Waals surface area contributed by atoms with Crippen LogP contribution in [0.2, 0.25) is 0 Å². The number of sulfonamides is 1. The molecule has 0 unspecified atom stereocenters. The third kappa shape index (κ3) is 7.17. The fraction of sp³-hybridized carbons (Fsp3) is 0.333. The first-order valence-corrected chi connectivity index (χ1v) is 14.9. The molecule has 0 radical (unpaired) electrons. The van der Waals surface area contributed by atoms with Crippen LogP contribution >= 0.6 is 0 Å². The van der Waals surface area contributed by atoms with Gasteiger partial charge in [-0.3, -0.25) is 13.9 Å². The fourth-order valence-electron chi connectivity index (χ4n) is 4.29. The molecule has 4 rings (SSSR count). The zero-order valence-electron chi connectivity index (χ0n) is 23.5. The SMILES string of the molecule is CC(C)CNC(=O)[C@H](C)N(Cc1ccccc1F)C(=O)CN(c1ccc(F)cc1)S(=O)(=O)c1ccc2c(c1)OCCO2. The van der Waals surface area contributed by atoms with Crippen LogP contribution in [-0.4, -0.2) is 57.5 Å². The van der Waals surface area contributed by atoms with E-state index in [-0.39, 0.29) is 41.0 Å². The van der Waals surface area contributed by atoms with Gasteiger partial charge in [0.15, 0.2) is 11.5 Å². The average Bonchev–Trinajstić information content (AvgIpc) is 2.98. The topological polar surface area (TPSA) is 105 Å². The first kappa shape index (κ1) is 30.8.